The second kappa shape index (κ2) is 7.13. The number of thiazole rings is 1. The van der Waals surface area contributed by atoms with Crippen LogP contribution in [-0.2, 0) is 13.0 Å². The Labute approximate surface area is 112 Å². The summed E-state index contributed by atoms with van der Waals surface area (Å²) in [5.74, 6) is 0.941. The molecule has 0 amide bonds. The van der Waals surface area contributed by atoms with E-state index in [0.717, 1.165) is 31.0 Å². The molecule has 0 bridgehead atoms. The Kier molecular flexibility index (Phi) is 5.17. The van der Waals surface area contributed by atoms with Crippen molar-refractivity contribution in [2.24, 2.45) is 0 Å². The van der Waals surface area contributed by atoms with Gasteiger partial charge < -0.3 is 10.1 Å². The number of ether oxygens (including phenoxy) is 1. The fourth-order valence-electron chi connectivity index (χ4n) is 1.72. The van der Waals surface area contributed by atoms with Gasteiger partial charge in [0.2, 0.25) is 0 Å². The molecule has 0 radical (unpaired) electrons. The zero-order chi connectivity index (χ0) is 12.6. The molecular formula is C14H18N2OS. The average molecular weight is 262 g/mol. The van der Waals surface area contributed by atoms with Crippen molar-refractivity contribution in [1.29, 1.82) is 0 Å². The van der Waals surface area contributed by atoms with Crippen molar-refractivity contribution < 1.29 is 4.74 Å². The van der Waals surface area contributed by atoms with Gasteiger partial charge in [0.15, 0.2) is 0 Å². The summed E-state index contributed by atoms with van der Waals surface area (Å²) in [6, 6.07) is 8.21. The fraction of sp³-hybridized carbons (Fsp3) is 0.357. The van der Waals surface area contributed by atoms with Gasteiger partial charge in [-0.1, -0.05) is 12.1 Å². The van der Waals surface area contributed by atoms with Gasteiger partial charge in [-0.2, -0.15) is 0 Å². The highest BCUT2D eigenvalue weighted by atomic mass is 32.1. The zero-order valence-electron chi connectivity index (χ0n) is 10.6. The molecule has 96 valence electrons. The Balaban J connectivity index is 1.74. The smallest absolute Gasteiger partial charge is 0.119 e. The van der Waals surface area contributed by atoms with Crippen molar-refractivity contribution in [3.8, 4) is 5.75 Å². The average Bonchev–Trinajstić information content (AvgIpc) is 2.89. The van der Waals surface area contributed by atoms with Crippen molar-refractivity contribution in [2.45, 2.75) is 19.9 Å². The fourth-order valence-corrected chi connectivity index (χ4v) is 2.31. The molecule has 0 saturated heterocycles. The molecule has 4 heteroatoms. The summed E-state index contributed by atoms with van der Waals surface area (Å²) in [6.45, 7) is 4.52. The monoisotopic (exact) mass is 262 g/mol. The summed E-state index contributed by atoms with van der Waals surface area (Å²) < 4.78 is 5.48. The molecule has 0 aliphatic carbocycles. The SMILES string of the molecule is CCOc1cccc(CNCCc2cscn2)c1. The van der Waals surface area contributed by atoms with Gasteiger partial charge in [-0.25, -0.2) is 4.98 Å². The van der Waals surface area contributed by atoms with E-state index < -0.39 is 0 Å². The third kappa shape index (κ3) is 4.13. The van der Waals surface area contributed by atoms with E-state index in [-0.39, 0.29) is 0 Å². The lowest BCUT2D eigenvalue weighted by Gasteiger charge is -2.07. The van der Waals surface area contributed by atoms with Crippen molar-refractivity contribution in [2.75, 3.05) is 13.2 Å². The van der Waals surface area contributed by atoms with Crippen molar-refractivity contribution in [1.82, 2.24) is 10.3 Å². The standard InChI is InChI=1S/C14H18N2OS/c1-2-17-14-5-3-4-12(8-14)9-15-7-6-13-10-18-11-16-13/h3-5,8,10-11,15H,2,6-7,9H2,1H3. The Morgan fingerprint density at radius 3 is 3.11 bits per heavy atom. The van der Waals surface area contributed by atoms with Crippen LogP contribution in [-0.4, -0.2) is 18.1 Å². The first kappa shape index (κ1) is 13.1. The molecule has 0 unspecified atom stereocenters. The second-order valence-electron chi connectivity index (χ2n) is 3.99. The number of aromatic nitrogens is 1. The summed E-state index contributed by atoms with van der Waals surface area (Å²) in [5, 5.41) is 5.51. The lowest BCUT2D eigenvalue weighted by atomic mass is 10.2. The van der Waals surface area contributed by atoms with Crippen LogP contribution in [0.4, 0.5) is 0 Å². The molecule has 0 aliphatic heterocycles. The van der Waals surface area contributed by atoms with E-state index in [9.17, 15) is 0 Å². The van der Waals surface area contributed by atoms with E-state index in [1.165, 1.54) is 5.56 Å². The molecule has 2 rings (SSSR count). The molecule has 0 atom stereocenters. The lowest BCUT2D eigenvalue weighted by molar-refractivity contribution is 0.340. The first-order valence-electron chi connectivity index (χ1n) is 6.18. The summed E-state index contributed by atoms with van der Waals surface area (Å²) >= 11 is 1.65. The third-order valence-corrected chi connectivity index (χ3v) is 3.22. The predicted molar refractivity (Wildman–Crippen MR) is 75.1 cm³/mol. The minimum atomic E-state index is 0.709. The minimum Gasteiger partial charge on any atom is -0.494 e. The summed E-state index contributed by atoms with van der Waals surface area (Å²) in [5.41, 5.74) is 4.29. The Morgan fingerprint density at radius 2 is 2.33 bits per heavy atom. The maximum absolute atomic E-state index is 5.48. The van der Waals surface area contributed by atoms with E-state index in [1.807, 2.05) is 24.6 Å². The Hall–Kier alpha value is -1.39. The molecule has 1 aromatic heterocycles. The van der Waals surface area contributed by atoms with Gasteiger partial charge in [0.25, 0.3) is 0 Å². The van der Waals surface area contributed by atoms with Crippen LogP contribution in [0.2, 0.25) is 0 Å². The van der Waals surface area contributed by atoms with Crippen LogP contribution in [0.15, 0.2) is 35.2 Å². The highest BCUT2D eigenvalue weighted by Crippen LogP contribution is 2.12. The molecular weight excluding hydrogens is 244 g/mol. The van der Waals surface area contributed by atoms with Crippen molar-refractivity contribution >= 4 is 11.3 Å². The van der Waals surface area contributed by atoms with E-state index in [2.05, 4.69) is 27.8 Å². The number of nitrogens with one attached hydrogen (secondary N) is 1. The first-order chi connectivity index (χ1) is 8.88. The summed E-state index contributed by atoms with van der Waals surface area (Å²) in [7, 11) is 0. The molecule has 2 aromatic rings. The molecule has 1 heterocycles. The number of hydrogen-bond acceptors (Lipinski definition) is 4. The molecule has 1 aromatic carbocycles. The quantitative estimate of drug-likeness (QED) is 0.779. The van der Waals surface area contributed by atoms with Gasteiger partial charge in [-0.05, 0) is 24.6 Å². The molecule has 0 aliphatic rings. The maximum atomic E-state index is 5.48. The van der Waals surface area contributed by atoms with Gasteiger partial charge in [0, 0.05) is 24.9 Å². The van der Waals surface area contributed by atoms with Gasteiger partial charge >= 0.3 is 0 Å². The minimum absolute atomic E-state index is 0.709. The van der Waals surface area contributed by atoms with Crippen LogP contribution in [0.25, 0.3) is 0 Å². The van der Waals surface area contributed by atoms with Crippen LogP contribution >= 0.6 is 11.3 Å². The van der Waals surface area contributed by atoms with Gasteiger partial charge in [0.1, 0.15) is 5.75 Å². The van der Waals surface area contributed by atoms with Crippen LogP contribution in [0.1, 0.15) is 18.2 Å². The lowest BCUT2D eigenvalue weighted by Crippen LogP contribution is -2.16. The molecule has 18 heavy (non-hydrogen) atoms. The normalized spacial score (nSPS) is 10.5. The third-order valence-electron chi connectivity index (χ3n) is 2.58. The predicted octanol–water partition coefficient (Wildman–Crippen LogP) is 2.87. The maximum Gasteiger partial charge on any atom is 0.119 e. The van der Waals surface area contributed by atoms with Gasteiger partial charge in [-0.3, -0.25) is 0 Å². The summed E-state index contributed by atoms with van der Waals surface area (Å²) in [6.07, 6.45) is 0.981. The van der Waals surface area contributed by atoms with Crippen LogP contribution < -0.4 is 10.1 Å². The topological polar surface area (TPSA) is 34.1 Å². The van der Waals surface area contributed by atoms with E-state index >= 15 is 0 Å². The highest BCUT2D eigenvalue weighted by Gasteiger charge is 1.97. The molecule has 1 N–H and O–H groups in total. The number of benzene rings is 1. The first-order valence-corrected chi connectivity index (χ1v) is 7.12. The Morgan fingerprint density at radius 1 is 1.39 bits per heavy atom. The Bertz CT molecular complexity index is 457. The zero-order valence-corrected chi connectivity index (χ0v) is 11.4. The molecule has 0 saturated carbocycles. The number of hydrogen-bond donors (Lipinski definition) is 1. The number of rotatable bonds is 7. The van der Waals surface area contributed by atoms with Gasteiger partial charge in [0.05, 0.1) is 17.8 Å². The second-order valence-corrected chi connectivity index (χ2v) is 4.71. The molecule has 0 fully saturated rings. The van der Waals surface area contributed by atoms with E-state index in [0.29, 0.717) is 6.61 Å². The summed E-state index contributed by atoms with van der Waals surface area (Å²) in [4.78, 5) is 4.26. The van der Waals surface area contributed by atoms with Crippen LogP contribution in [0.5, 0.6) is 5.75 Å². The van der Waals surface area contributed by atoms with Gasteiger partial charge in [-0.15, -0.1) is 11.3 Å². The molecule has 3 nitrogen and oxygen atoms in total. The largest absolute Gasteiger partial charge is 0.494 e. The van der Waals surface area contributed by atoms with E-state index in [1.54, 1.807) is 11.3 Å². The van der Waals surface area contributed by atoms with Crippen molar-refractivity contribution in [3.05, 3.63) is 46.4 Å². The van der Waals surface area contributed by atoms with Crippen molar-refractivity contribution in [3.63, 3.8) is 0 Å². The number of nitrogens with zero attached hydrogens (tertiary/aromatic N) is 1. The van der Waals surface area contributed by atoms with Crippen LogP contribution in [0.3, 0.4) is 0 Å². The van der Waals surface area contributed by atoms with E-state index in [4.69, 9.17) is 4.74 Å². The van der Waals surface area contributed by atoms with Crippen LogP contribution in [0, 0.1) is 0 Å². The highest BCUT2D eigenvalue weighted by molar-refractivity contribution is 7.07. The molecule has 0 spiro atoms.